The summed E-state index contributed by atoms with van der Waals surface area (Å²) in [6, 6.07) is 0.560. The number of carboxylic acid groups (broad SMARTS) is 1. The van der Waals surface area contributed by atoms with Gasteiger partial charge in [-0.15, -0.1) is 0 Å². The van der Waals surface area contributed by atoms with Crippen molar-refractivity contribution in [3.8, 4) is 0 Å². The van der Waals surface area contributed by atoms with Gasteiger partial charge in [-0.3, -0.25) is 9.59 Å². The summed E-state index contributed by atoms with van der Waals surface area (Å²) < 4.78 is 0. The van der Waals surface area contributed by atoms with E-state index in [0.29, 0.717) is 18.5 Å². The normalized spacial score (nSPS) is 20.4. The van der Waals surface area contributed by atoms with Crippen LogP contribution in [0.25, 0.3) is 0 Å². The minimum absolute atomic E-state index is 0.0188. The van der Waals surface area contributed by atoms with Crippen molar-refractivity contribution < 1.29 is 14.7 Å². The van der Waals surface area contributed by atoms with Crippen LogP contribution >= 0.6 is 0 Å². The second kappa shape index (κ2) is 7.07. The van der Waals surface area contributed by atoms with Crippen LogP contribution in [-0.2, 0) is 9.59 Å². The molecule has 1 heterocycles. The Bertz CT molecular complexity index is 353. The number of aliphatic carboxylic acids is 1. The maximum absolute atomic E-state index is 11.9. The summed E-state index contributed by atoms with van der Waals surface area (Å²) >= 11 is 0. The van der Waals surface area contributed by atoms with Crippen molar-refractivity contribution in [1.29, 1.82) is 0 Å². The van der Waals surface area contributed by atoms with E-state index in [9.17, 15) is 9.59 Å². The van der Waals surface area contributed by atoms with E-state index in [2.05, 4.69) is 24.1 Å². The zero-order chi connectivity index (χ0) is 15.3. The zero-order valence-corrected chi connectivity index (χ0v) is 13.1. The molecule has 5 heteroatoms. The minimum atomic E-state index is -0.855. The molecule has 2 N–H and O–H groups in total. The van der Waals surface area contributed by atoms with Crippen LogP contribution < -0.4 is 5.32 Å². The van der Waals surface area contributed by atoms with E-state index in [4.69, 9.17) is 5.11 Å². The molecule has 0 aromatic rings. The summed E-state index contributed by atoms with van der Waals surface area (Å²) in [7, 11) is 0. The fourth-order valence-corrected chi connectivity index (χ4v) is 2.73. The van der Waals surface area contributed by atoms with Gasteiger partial charge in [0.1, 0.15) is 0 Å². The minimum Gasteiger partial charge on any atom is -0.481 e. The second-order valence-corrected chi connectivity index (χ2v) is 6.96. The predicted molar refractivity (Wildman–Crippen MR) is 78.5 cm³/mol. The van der Waals surface area contributed by atoms with Gasteiger partial charge in [0.05, 0.1) is 6.42 Å². The summed E-state index contributed by atoms with van der Waals surface area (Å²) in [4.78, 5) is 25.0. The smallest absolute Gasteiger partial charge is 0.303 e. The lowest BCUT2D eigenvalue weighted by molar-refractivity contribution is -0.139. The Morgan fingerprint density at radius 2 is 2.00 bits per heavy atom. The number of rotatable bonds is 7. The zero-order valence-electron chi connectivity index (χ0n) is 13.1. The maximum Gasteiger partial charge on any atom is 0.303 e. The number of carboxylic acids is 1. The first-order valence-electron chi connectivity index (χ1n) is 7.42. The van der Waals surface area contributed by atoms with Crippen LogP contribution in [-0.4, -0.2) is 47.6 Å². The first kappa shape index (κ1) is 17.0. The summed E-state index contributed by atoms with van der Waals surface area (Å²) in [6.45, 7) is 10.8. The molecular weight excluding hydrogens is 256 g/mol. The molecule has 0 bridgehead atoms. The molecule has 1 aliphatic heterocycles. The van der Waals surface area contributed by atoms with Gasteiger partial charge in [0.2, 0.25) is 5.91 Å². The molecule has 1 amide bonds. The molecule has 0 saturated carbocycles. The van der Waals surface area contributed by atoms with Crippen LogP contribution in [0.2, 0.25) is 0 Å². The third-order valence-corrected chi connectivity index (χ3v) is 3.90. The average molecular weight is 284 g/mol. The number of carbonyl (C=O) groups excluding carboxylic acids is 1. The van der Waals surface area contributed by atoms with Gasteiger partial charge in [-0.25, -0.2) is 0 Å². The van der Waals surface area contributed by atoms with Crippen LogP contribution in [0.4, 0.5) is 0 Å². The summed E-state index contributed by atoms with van der Waals surface area (Å²) in [6.07, 6.45) is 1.40. The van der Waals surface area contributed by atoms with E-state index < -0.39 is 11.4 Å². The topological polar surface area (TPSA) is 69.6 Å². The van der Waals surface area contributed by atoms with Gasteiger partial charge in [0.25, 0.3) is 0 Å². The highest BCUT2D eigenvalue weighted by Gasteiger charge is 2.27. The third kappa shape index (κ3) is 5.90. The molecule has 116 valence electrons. The fraction of sp³-hybridized carbons (Fsp3) is 0.867. The Morgan fingerprint density at radius 1 is 1.35 bits per heavy atom. The Kier molecular flexibility index (Phi) is 5.99. The van der Waals surface area contributed by atoms with E-state index in [-0.39, 0.29) is 18.7 Å². The number of amides is 1. The Labute approximate surface area is 121 Å². The van der Waals surface area contributed by atoms with Crippen molar-refractivity contribution in [3.05, 3.63) is 0 Å². The van der Waals surface area contributed by atoms with Gasteiger partial charge < -0.3 is 15.3 Å². The monoisotopic (exact) mass is 284 g/mol. The van der Waals surface area contributed by atoms with E-state index in [1.807, 2.05) is 13.8 Å². The predicted octanol–water partition coefficient (Wildman–Crippen LogP) is 1.72. The summed E-state index contributed by atoms with van der Waals surface area (Å²) in [5, 5.41) is 11.8. The number of carbonyl (C=O) groups is 2. The molecule has 5 nitrogen and oxygen atoms in total. The van der Waals surface area contributed by atoms with Crippen molar-refractivity contribution in [2.24, 2.45) is 11.3 Å². The van der Waals surface area contributed by atoms with Gasteiger partial charge in [-0.1, -0.05) is 13.8 Å². The van der Waals surface area contributed by atoms with Crippen molar-refractivity contribution in [2.45, 2.75) is 53.0 Å². The maximum atomic E-state index is 11.9. The van der Waals surface area contributed by atoms with Crippen LogP contribution in [0, 0.1) is 11.3 Å². The van der Waals surface area contributed by atoms with Gasteiger partial charge in [0, 0.05) is 25.6 Å². The van der Waals surface area contributed by atoms with Crippen LogP contribution in [0.1, 0.15) is 47.0 Å². The molecule has 1 atom stereocenters. The van der Waals surface area contributed by atoms with Crippen molar-refractivity contribution >= 4 is 11.9 Å². The Balaban J connectivity index is 2.29. The molecular formula is C15H28N2O3. The van der Waals surface area contributed by atoms with Crippen LogP contribution in [0.15, 0.2) is 0 Å². The van der Waals surface area contributed by atoms with Crippen molar-refractivity contribution in [2.75, 3.05) is 19.6 Å². The summed E-state index contributed by atoms with van der Waals surface area (Å²) in [5.74, 6) is -0.380. The molecule has 1 saturated heterocycles. The molecule has 0 radical (unpaired) electrons. The van der Waals surface area contributed by atoms with E-state index in [1.165, 1.54) is 0 Å². The lowest BCUT2D eigenvalue weighted by Crippen LogP contribution is -2.35. The SMILES string of the molecule is CC(C)N1CCC(CNC(=O)CC(C)(C)CC(=O)O)C1. The van der Waals surface area contributed by atoms with Crippen molar-refractivity contribution in [3.63, 3.8) is 0 Å². The number of hydrogen-bond donors (Lipinski definition) is 2. The highest BCUT2D eigenvalue weighted by molar-refractivity contribution is 5.77. The molecule has 20 heavy (non-hydrogen) atoms. The quantitative estimate of drug-likeness (QED) is 0.747. The second-order valence-electron chi connectivity index (χ2n) is 6.96. The fourth-order valence-electron chi connectivity index (χ4n) is 2.73. The number of hydrogen-bond acceptors (Lipinski definition) is 3. The molecule has 0 aliphatic carbocycles. The van der Waals surface area contributed by atoms with Crippen LogP contribution in [0.5, 0.6) is 0 Å². The first-order chi connectivity index (χ1) is 9.19. The van der Waals surface area contributed by atoms with Crippen LogP contribution in [0.3, 0.4) is 0 Å². The molecule has 1 fully saturated rings. The first-order valence-corrected chi connectivity index (χ1v) is 7.42. The van der Waals surface area contributed by atoms with E-state index in [0.717, 1.165) is 19.5 Å². The molecule has 1 aliphatic rings. The lowest BCUT2D eigenvalue weighted by Gasteiger charge is -2.22. The van der Waals surface area contributed by atoms with E-state index in [1.54, 1.807) is 0 Å². The van der Waals surface area contributed by atoms with Gasteiger partial charge in [-0.2, -0.15) is 0 Å². The average Bonchev–Trinajstić information content (AvgIpc) is 2.72. The number of nitrogens with zero attached hydrogens (tertiary/aromatic N) is 1. The highest BCUT2D eigenvalue weighted by Crippen LogP contribution is 2.25. The van der Waals surface area contributed by atoms with Gasteiger partial charge >= 0.3 is 5.97 Å². The largest absolute Gasteiger partial charge is 0.481 e. The van der Waals surface area contributed by atoms with Gasteiger partial charge in [-0.05, 0) is 38.1 Å². The van der Waals surface area contributed by atoms with E-state index >= 15 is 0 Å². The Morgan fingerprint density at radius 3 is 2.50 bits per heavy atom. The molecule has 1 rings (SSSR count). The van der Waals surface area contributed by atoms with Gasteiger partial charge in [0.15, 0.2) is 0 Å². The molecule has 0 aromatic heterocycles. The Hall–Kier alpha value is -1.10. The lowest BCUT2D eigenvalue weighted by atomic mass is 9.85. The molecule has 0 spiro atoms. The molecule has 0 aromatic carbocycles. The third-order valence-electron chi connectivity index (χ3n) is 3.90. The highest BCUT2D eigenvalue weighted by atomic mass is 16.4. The standard InChI is InChI=1S/C15H28N2O3/c1-11(2)17-6-5-12(10-17)9-16-13(18)7-15(3,4)8-14(19)20/h11-12H,5-10H2,1-4H3,(H,16,18)(H,19,20). The molecule has 1 unspecified atom stereocenters. The van der Waals surface area contributed by atoms with Crippen molar-refractivity contribution in [1.82, 2.24) is 10.2 Å². The number of likely N-dealkylation sites (tertiary alicyclic amines) is 1. The summed E-state index contributed by atoms with van der Waals surface area (Å²) in [5.41, 5.74) is -0.491. The number of nitrogens with one attached hydrogen (secondary N) is 1.